The number of fused-ring (bicyclic) bond motifs is 1. The molecule has 1 atom stereocenters. The number of hydrogen-bond donors (Lipinski definition) is 5. The molecular weight excluding hydrogens is 496 g/mol. The van der Waals surface area contributed by atoms with Crippen LogP contribution in [0, 0.1) is 0 Å². The van der Waals surface area contributed by atoms with Gasteiger partial charge in [0.05, 0.1) is 5.69 Å². The molecule has 0 spiro atoms. The Morgan fingerprint density at radius 3 is 2.53 bits per heavy atom. The van der Waals surface area contributed by atoms with E-state index in [1.807, 2.05) is 23.6 Å². The molecule has 0 saturated carbocycles. The van der Waals surface area contributed by atoms with Crippen LogP contribution in [-0.2, 0) is 19.2 Å². The summed E-state index contributed by atoms with van der Waals surface area (Å²) in [5.74, 6) is -0.921. The number of ether oxygens (including phenoxy) is 2. The number of aliphatic carboxylic acids is 2. The number of aromatic nitrogens is 1. The number of carbonyl (C=O) groups excluding carboxylic acids is 3. The lowest BCUT2D eigenvalue weighted by molar-refractivity contribution is -0.191. The Kier molecular flexibility index (Phi) is 11.7. The summed E-state index contributed by atoms with van der Waals surface area (Å²) in [6.45, 7) is 1.36. The van der Waals surface area contributed by atoms with Gasteiger partial charge < -0.3 is 35.6 Å². The molecule has 0 fully saturated rings. The number of benzene rings is 1. The fraction of sp³-hybridized carbons (Fsp3) is 0.409. The third-order valence-corrected chi connectivity index (χ3v) is 5.64. The zero-order valence-electron chi connectivity index (χ0n) is 19.2. The molecular formula is C22H26N4O9S. The highest BCUT2D eigenvalue weighted by Crippen LogP contribution is 2.36. The molecule has 0 bridgehead atoms. The highest BCUT2D eigenvalue weighted by Gasteiger charge is 2.20. The molecule has 3 rings (SSSR count). The summed E-state index contributed by atoms with van der Waals surface area (Å²) < 4.78 is 10.7. The summed E-state index contributed by atoms with van der Waals surface area (Å²) in [5.41, 5.74) is 1.82. The Morgan fingerprint density at radius 2 is 1.81 bits per heavy atom. The number of unbranched alkanes of at least 4 members (excludes halogenated alkanes) is 2. The van der Waals surface area contributed by atoms with Gasteiger partial charge in [0.2, 0.25) is 6.79 Å². The maximum absolute atomic E-state index is 11.8. The van der Waals surface area contributed by atoms with Crippen molar-refractivity contribution >= 4 is 40.6 Å². The van der Waals surface area contributed by atoms with Gasteiger partial charge in [0, 0.05) is 30.5 Å². The average Bonchev–Trinajstić information content (AvgIpc) is 3.50. The summed E-state index contributed by atoms with van der Waals surface area (Å²) in [5, 5.41) is 28.6. The van der Waals surface area contributed by atoms with E-state index in [2.05, 4.69) is 20.9 Å². The van der Waals surface area contributed by atoms with E-state index in [-0.39, 0.29) is 25.8 Å². The minimum absolute atomic E-state index is 0.170. The minimum atomic E-state index is -1.26. The molecule has 14 heteroatoms. The first-order chi connectivity index (χ1) is 17.3. The number of urea groups is 1. The van der Waals surface area contributed by atoms with Crippen molar-refractivity contribution < 1.29 is 43.7 Å². The maximum atomic E-state index is 11.8. The molecule has 1 aromatic carbocycles. The molecule has 1 aliphatic rings. The number of carbonyl (C=O) groups is 3. The predicted molar refractivity (Wildman–Crippen MR) is 126 cm³/mol. The van der Waals surface area contributed by atoms with Gasteiger partial charge in [-0.15, -0.1) is 11.3 Å². The van der Waals surface area contributed by atoms with Crippen LogP contribution >= 0.6 is 11.3 Å². The van der Waals surface area contributed by atoms with Crippen LogP contribution in [0.5, 0.6) is 11.5 Å². The monoisotopic (exact) mass is 522 g/mol. The molecule has 2 heterocycles. The summed E-state index contributed by atoms with van der Waals surface area (Å²) in [6, 6.07) is 3.88. The van der Waals surface area contributed by atoms with E-state index < -0.39 is 24.0 Å². The minimum Gasteiger partial charge on any atom is -0.481 e. The summed E-state index contributed by atoms with van der Waals surface area (Å²) in [4.78, 5) is 54.3. The lowest BCUT2D eigenvalue weighted by Crippen LogP contribution is -2.46. The van der Waals surface area contributed by atoms with Crippen molar-refractivity contribution in [3.63, 3.8) is 0 Å². The Balaban J connectivity index is 0.00000145. The first-order valence-corrected chi connectivity index (χ1v) is 11.8. The van der Waals surface area contributed by atoms with Crippen LogP contribution in [0.2, 0.25) is 0 Å². The van der Waals surface area contributed by atoms with E-state index in [1.54, 1.807) is 0 Å². The van der Waals surface area contributed by atoms with E-state index in [0.717, 1.165) is 53.7 Å². The number of nitrogens with zero attached hydrogens (tertiary/aromatic N) is 1. The number of rotatable bonds is 13. The van der Waals surface area contributed by atoms with Crippen molar-refractivity contribution in [2.24, 2.45) is 0 Å². The second kappa shape index (κ2) is 15.0. The maximum Gasteiger partial charge on any atom is 0.373 e. The smallest absolute Gasteiger partial charge is 0.373 e. The van der Waals surface area contributed by atoms with Crippen LogP contribution in [0.15, 0.2) is 23.6 Å². The molecule has 1 aromatic heterocycles. The predicted octanol–water partition coefficient (Wildman–Crippen LogP) is 2.15. The summed E-state index contributed by atoms with van der Waals surface area (Å²) in [6.07, 6.45) is 2.20. The molecule has 0 saturated heterocycles. The SMILES string of the molecule is O=C(O)CC[C@H](NC(=O)NCCCCCNc1nc(-c2ccc3c(c2)OCO3)cs1)C(=O)O.O=C=O. The van der Waals surface area contributed by atoms with Gasteiger partial charge in [0.25, 0.3) is 0 Å². The first-order valence-electron chi connectivity index (χ1n) is 10.9. The number of carboxylic acids is 2. The van der Waals surface area contributed by atoms with Gasteiger partial charge in [-0.05, 0) is 43.9 Å². The third-order valence-electron chi connectivity index (χ3n) is 4.84. The van der Waals surface area contributed by atoms with Crippen LogP contribution in [0.3, 0.4) is 0 Å². The Labute approximate surface area is 209 Å². The van der Waals surface area contributed by atoms with Crippen LogP contribution < -0.4 is 25.4 Å². The van der Waals surface area contributed by atoms with Crippen molar-refractivity contribution in [2.75, 3.05) is 25.2 Å². The van der Waals surface area contributed by atoms with E-state index in [4.69, 9.17) is 29.3 Å². The van der Waals surface area contributed by atoms with Gasteiger partial charge in [0.15, 0.2) is 16.6 Å². The summed E-state index contributed by atoms with van der Waals surface area (Å²) >= 11 is 1.52. The second-order valence-electron chi connectivity index (χ2n) is 7.40. The molecule has 13 nitrogen and oxygen atoms in total. The van der Waals surface area contributed by atoms with Gasteiger partial charge in [-0.3, -0.25) is 4.79 Å². The second-order valence-corrected chi connectivity index (χ2v) is 8.26. The van der Waals surface area contributed by atoms with Crippen LogP contribution in [0.1, 0.15) is 32.1 Å². The van der Waals surface area contributed by atoms with Crippen molar-refractivity contribution in [3.05, 3.63) is 23.6 Å². The normalized spacial score (nSPS) is 11.9. The Bertz CT molecular complexity index is 1070. The van der Waals surface area contributed by atoms with Crippen molar-refractivity contribution in [1.82, 2.24) is 15.6 Å². The van der Waals surface area contributed by atoms with E-state index >= 15 is 0 Å². The first kappa shape index (κ1) is 28.1. The third kappa shape index (κ3) is 9.60. The average molecular weight is 523 g/mol. The Morgan fingerprint density at radius 1 is 1.08 bits per heavy atom. The number of amides is 2. The number of thiazole rings is 1. The lowest BCUT2D eigenvalue weighted by atomic mass is 10.1. The van der Waals surface area contributed by atoms with Crippen LogP contribution in [-0.4, -0.2) is 65.2 Å². The topological polar surface area (TPSA) is 193 Å². The van der Waals surface area contributed by atoms with Crippen molar-refractivity contribution in [3.8, 4) is 22.8 Å². The van der Waals surface area contributed by atoms with Crippen molar-refractivity contribution in [1.29, 1.82) is 0 Å². The zero-order valence-corrected chi connectivity index (χ0v) is 20.0. The number of nitrogens with one attached hydrogen (secondary N) is 3. The fourth-order valence-corrected chi connectivity index (χ4v) is 3.85. The molecule has 194 valence electrons. The van der Waals surface area contributed by atoms with E-state index in [1.165, 1.54) is 11.3 Å². The largest absolute Gasteiger partial charge is 0.481 e. The number of carboxylic acid groups (broad SMARTS) is 2. The van der Waals surface area contributed by atoms with E-state index in [9.17, 15) is 14.4 Å². The van der Waals surface area contributed by atoms with Crippen molar-refractivity contribution in [2.45, 2.75) is 38.1 Å². The summed E-state index contributed by atoms with van der Waals surface area (Å²) in [7, 11) is 0. The Hall–Kier alpha value is -4.16. The van der Waals surface area contributed by atoms with Gasteiger partial charge in [-0.1, -0.05) is 0 Å². The van der Waals surface area contributed by atoms with E-state index in [0.29, 0.717) is 6.54 Å². The van der Waals surface area contributed by atoms with Gasteiger partial charge in [-0.2, -0.15) is 9.59 Å². The zero-order chi connectivity index (χ0) is 26.3. The number of hydrogen-bond acceptors (Lipinski definition) is 10. The highest BCUT2D eigenvalue weighted by molar-refractivity contribution is 7.14. The molecule has 5 N–H and O–H groups in total. The van der Waals surface area contributed by atoms with Gasteiger partial charge in [0.1, 0.15) is 6.04 Å². The standard InChI is InChI=1S/C21H26N4O7S.CO2/c26-18(27)7-5-14(19(28)29)24-20(30)22-8-2-1-3-9-23-21-25-15(11-33-21)13-4-6-16-17(10-13)32-12-31-16;2-1-3/h4,6,10-11,14H,1-3,5,7-9,12H2,(H,23,25)(H,26,27)(H,28,29)(H2,22,24,30);/t14-;/m0./s1. The fourth-order valence-electron chi connectivity index (χ4n) is 3.10. The van der Waals surface area contributed by atoms with Crippen LogP contribution in [0.4, 0.5) is 9.93 Å². The molecule has 0 aliphatic carbocycles. The molecule has 0 radical (unpaired) electrons. The molecule has 36 heavy (non-hydrogen) atoms. The van der Waals surface area contributed by atoms with Crippen LogP contribution in [0.25, 0.3) is 11.3 Å². The lowest BCUT2D eigenvalue weighted by Gasteiger charge is -2.14. The highest BCUT2D eigenvalue weighted by atomic mass is 32.1. The molecule has 0 unspecified atom stereocenters. The van der Waals surface area contributed by atoms with Gasteiger partial charge >= 0.3 is 24.1 Å². The molecule has 2 aromatic rings. The molecule has 2 amide bonds. The van der Waals surface area contributed by atoms with Gasteiger partial charge in [-0.25, -0.2) is 14.6 Å². The number of anilines is 1. The quantitative estimate of drug-likeness (QED) is 0.242. The molecule has 1 aliphatic heterocycles.